The fraction of sp³-hybridized carbons (Fsp3) is 0.946. The normalized spacial score (nSPS) is 12.8. The Bertz CT molecular complexity index is 829. The minimum absolute atomic E-state index is 0.0244. The van der Waals surface area contributed by atoms with Gasteiger partial charge in [-0.3, -0.25) is 4.79 Å². The van der Waals surface area contributed by atoms with Crippen LogP contribution < -0.4 is 5.32 Å². The molecule has 2 atom stereocenters. The Morgan fingerprint density at radius 2 is 0.633 bits per heavy atom. The molecular formula is C56H111NO3. The molecule has 0 fully saturated rings. The topological polar surface area (TPSA) is 69.6 Å². The molecule has 3 N–H and O–H groups in total. The Labute approximate surface area is 377 Å². The Hall–Kier alpha value is -0.870. The van der Waals surface area contributed by atoms with Gasteiger partial charge in [-0.1, -0.05) is 289 Å². The van der Waals surface area contributed by atoms with Gasteiger partial charge in [0.05, 0.1) is 18.8 Å². The molecule has 0 aromatic carbocycles. The summed E-state index contributed by atoms with van der Waals surface area (Å²) in [5, 5.41) is 23.3. The highest BCUT2D eigenvalue weighted by atomic mass is 16.3. The Morgan fingerprint density at radius 3 is 0.917 bits per heavy atom. The SMILES string of the molecule is CCCCCCCCCC/C=C\CCCCCCCCCCCCCCCCCCCCCCCC(=O)NC(CO)C(O)CCCCCCCCCCCCCCCCC. The lowest BCUT2D eigenvalue weighted by atomic mass is 10.0. The zero-order valence-corrected chi connectivity index (χ0v) is 41.3. The smallest absolute Gasteiger partial charge is 0.220 e. The van der Waals surface area contributed by atoms with Crippen LogP contribution in [-0.2, 0) is 4.79 Å². The quantitative estimate of drug-likeness (QED) is 0.0422. The average Bonchev–Trinajstić information content (AvgIpc) is 3.25. The van der Waals surface area contributed by atoms with E-state index >= 15 is 0 Å². The number of hydrogen-bond acceptors (Lipinski definition) is 3. The number of aliphatic hydroxyl groups is 2. The van der Waals surface area contributed by atoms with Crippen molar-refractivity contribution in [3.8, 4) is 0 Å². The summed E-state index contributed by atoms with van der Waals surface area (Å²) in [6.07, 6.45) is 67.8. The first-order valence-corrected chi connectivity index (χ1v) is 27.9. The maximum atomic E-state index is 12.5. The number of aliphatic hydroxyl groups excluding tert-OH is 2. The summed E-state index contributed by atoms with van der Waals surface area (Å²) >= 11 is 0. The van der Waals surface area contributed by atoms with E-state index in [0.29, 0.717) is 12.8 Å². The van der Waals surface area contributed by atoms with Crippen LogP contribution >= 0.6 is 0 Å². The van der Waals surface area contributed by atoms with E-state index in [9.17, 15) is 15.0 Å². The molecule has 0 bridgehead atoms. The molecule has 1 amide bonds. The van der Waals surface area contributed by atoms with Gasteiger partial charge in [0.15, 0.2) is 0 Å². The van der Waals surface area contributed by atoms with Crippen LogP contribution in [0.25, 0.3) is 0 Å². The van der Waals surface area contributed by atoms with Crippen LogP contribution in [-0.4, -0.2) is 34.9 Å². The number of hydrogen-bond donors (Lipinski definition) is 3. The molecule has 0 aromatic rings. The van der Waals surface area contributed by atoms with Crippen molar-refractivity contribution in [1.29, 1.82) is 0 Å². The lowest BCUT2D eigenvalue weighted by Gasteiger charge is -2.22. The van der Waals surface area contributed by atoms with Gasteiger partial charge in [-0.15, -0.1) is 0 Å². The molecule has 4 heteroatoms. The van der Waals surface area contributed by atoms with Crippen LogP contribution in [0.3, 0.4) is 0 Å². The van der Waals surface area contributed by atoms with Gasteiger partial charge in [0, 0.05) is 6.42 Å². The van der Waals surface area contributed by atoms with Crippen molar-refractivity contribution in [2.45, 2.75) is 334 Å². The fourth-order valence-electron chi connectivity index (χ4n) is 9.01. The molecule has 4 nitrogen and oxygen atoms in total. The zero-order chi connectivity index (χ0) is 43.5. The molecule has 0 aliphatic heterocycles. The van der Waals surface area contributed by atoms with Crippen molar-refractivity contribution in [3.63, 3.8) is 0 Å². The number of rotatable bonds is 52. The van der Waals surface area contributed by atoms with E-state index < -0.39 is 12.1 Å². The summed E-state index contributed by atoms with van der Waals surface area (Å²) in [7, 11) is 0. The minimum atomic E-state index is -0.655. The zero-order valence-electron chi connectivity index (χ0n) is 41.3. The van der Waals surface area contributed by atoms with Crippen molar-refractivity contribution in [2.24, 2.45) is 0 Å². The van der Waals surface area contributed by atoms with Gasteiger partial charge in [0.1, 0.15) is 0 Å². The fourth-order valence-corrected chi connectivity index (χ4v) is 9.01. The molecule has 0 rings (SSSR count). The predicted molar refractivity (Wildman–Crippen MR) is 267 cm³/mol. The maximum Gasteiger partial charge on any atom is 0.220 e. The molecule has 0 saturated carbocycles. The summed E-state index contributed by atoms with van der Waals surface area (Å²) in [6.45, 7) is 4.39. The van der Waals surface area contributed by atoms with E-state index in [1.807, 2.05) is 0 Å². The molecule has 0 radical (unpaired) electrons. The van der Waals surface area contributed by atoms with E-state index in [1.165, 1.54) is 270 Å². The summed E-state index contributed by atoms with van der Waals surface area (Å²) in [4.78, 5) is 12.5. The molecular weight excluding hydrogens is 735 g/mol. The van der Waals surface area contributed by atoms with Crippen LogP contribution in [0.15, 0.2) is 12.2 Å². The number of amides is 1. The van der Waals surface area contributed by atoms with Crippen LogP contribution in [0, 0.1) is 0 Å². The Kier molecular flexibility index (Phi) is 51.7. The molecule has 0 saturated heterocycles. The third-order valence-corrected chi connectivity index (χ3v) is 13.3. The summed E-state index contributed by atoms with van der Waals surface area (Å²) in [6, 6.07) is -0.532. The highest BCUT2D eigenvalue weighted by Gasteiger charge is 2.20. The molecule has 0 aliphatic rings. The first-order valence-electron chi connectivity index (χ1n) is 27.9. The molecule has 2 unspecified atom stereocenters. The van der Waals surface area contributed by atoms with E-state index in [0.717, 1.165) is 25.7 Å². The molecule has 0 aliphatic carbocycles. The number of unbranched alkanes of at least 4 members (excludes halogenated alkanes) is 43. The number of carbonyl (C=O) groups is 1. The number of carbonyl (C=O) groups excluding carboxylic acids is 1. The summed E-state index contributed by atoms with van der Waals surface area (Å²) in [5.41, 5.74) is 0. The van der Waals surface area contributed by atoms with E-state index in [-0.39, 0.29) is 12.5 Å². The highest BCUT2D eigenvalue weighted by Crippen LogP contribution is 2.18. The molecule has 0 spiro atoms. The predicted octanol–water partition coefficient (Wildman–Crippen LogP) is 18.1. The lowest BCUT2D eigenvalue weighted by molar-refractivity contribution is -0.123. The van der Waals surface area contributed by atoms with Crippen LogP contribution in [0.4, 0.5) is 0 Å². The number of nitrogens with one attached hydrogen (secondary N) is 1. The van der Waals surface area contributed by atoms with E-state index in [1.54, 1.807) is 0 Å². The van der Waals surface area contributed by atoms with Crippen molar-refractivity contribution < 1.29 is 15.0 Å². The van der Waals surface area contributed by atoms with Gasteiger partial charge in [-0.2, -0.15) is 0 Å². The number of allylic oxidation sites excluding steroid dienone is 2. The summed E-state index contributed by atoms with van der Waals surface area (Å²) < 4.78 is 0. The molecule has 60 heavy (non-hydrogen) atoms. The lowest BCUT2D eigenvalue weighted by Crippen LogP contribution is -2.45. The van der Waals surface area contributed by atoms with Crippen molar-refractivity contribution in [3.05, 3.63) is 12.2 Å². The Balaban J connectivity index is 3.37. The van der Waals surface area contributed by atoms with E-state index in [2.05, 4.69) is 31.3 Å². The standard InChI is InChI=1S/C56H111NO3/c1-3-5-7-9-11-13-15-17-19-20-21-22-23-24-25-26-27-28-29-30-31-32-33-34-35-36-38-40-42-44-46-48-50-52-56(60)57-54(53-58)55(59)51-49-47-45-43-41-39-37-18-16-14-12-10-8-6-4-2/h20-21,54-55,58-59H,3-19,22-53H2,1-2H3,(H,57,60)/b21-20-. The first kappa shape index (κ1) is 59.1. The van der Waals surface area contributed by atoms with Crippen LogP contribution in [0.5, 0.6) is 0 Å². The largest absolute Gasteiger partial charge is 0.394 e. The third-order valence-electron chi connectivity index (χ3n) is 13.3. The van der Waals surface area contributed by atoms with Gasteiger partial charge in [-0.05, 0) is 38.5 Å². The maximum absolute atomic E-state index is 12.5. The molecule has 358 valence electrons. The van der Waals surface area contributed by atoms with Crippen LogP contribution in [0.2, 0.25) is 0 Å². The second-order valence-electron chi connectivity index (χ2n) is 19.4. The highest BCUT2D eigenvalue weighted by molar-refractivity contribution is 5.76. The Morgan fingerprint density at radius 1 is 0.383 bits per heavy atom. The van der Waals surface area contributed by atoms with Crippen LogP contribution in [0.1, 0.15) is 322 Å². The van der Waals surface area contributed by atoms with Crippen molar-refractivity contribution in [1.82, 2.24) is 5.32 Å². The van der Waals surface area contributed by atoms with Gasteiger partial charge in [0.25, 0.3) is 0 Å². The van der Waals surface area contributed by atoms with Crippen molar-refractivity contribution in [2.75, 3.05) is 6.61 Å². The minimum Gasteiger partial charge on any atom is -0.394 e. The molecule has 0 heterocycles. The van der Waals surface area contributed by atoms with Gasteiger partial charge >= 0.3 is 0 Å². The van der Waals surface area contributed by atoms with Gasteiger partial charge < -0.3 is 15.5 Å². The third kappa shape index (κ3) is 48.2. The monoisotopic (exact) mass is 846 g/mol. The van der Waals surface area contributed by atoms with Gasteiger partial charge in [0.2, 0.25) is 5.91 Å². The second kappa shape index (κ2) is 52.5. The van der Waals surface area contributed by atoms with E-state index in [4.69, 9.17) is 0 Å². The first-order chi connectivity index (χ1) is 29.7. The molecule has 0 aromatic heterocycles. The van der Waals surface area contributed by atoms with Gasteiger partial charge in [-0.25, -0.2) is 0 Å². The second-order valence-corrected chi connectivity index (χ2v) is 19.4. The average molecular weight is 847 g/mol. The summed E-state index contributed by atoms with van der Waals surface area (Å²) in [5.74, 6) is -0.0244. The van der Waals surface area contributed by atoms with Crippen molar-refractivity contribution >= 4 is 5.91 Å².